The second kappa shape index (κ2) is 6.65. The van der Waals surface area contributed by atoms with Crippen LogP contribution in [0.25, 0.3) is 0 Å². The van der Waals surface area contributed by atoms with Gasteiger partial charge < -0.3 is 10.1 Å². The molecule has 0 aliphatic heterocycles. The summed E-state index contributed by atoms with van der Waals surface area (Å²) in [5.74, 6) is 0.524. The fourth-order valence-electron chi connectivity index (χ4n) is 0.798. The van der Waals surface area contributed by atoms with Crippen molar-refractivity contribution in [2.24, 2.45) is 5.92 Å². The van der Waals surface area contributed by atoms with Crippen molar-refractivity contribution in [1.29, 1.82) is 0 Å². The lowest BCUT2D eigenvalue weighted by molar-refractivity contribution is 0.159. The van der Waals surface area contributed by atoms with Gasteiger partial charge in [0, 0.05) is 31.8 Å². The van der Waals surface area contributed by atoms with Crippen LogP contribution in [0.1, 0.15) is 6.92 Å². The van der Waals surface area contributed by atoms with Crippen molar-refractivity contribution in [1.82, 2.24) is 5.32 Å². The van der Waals surface area contributed by atoms with E-state index in [0.29, 0.717) is 17.5 Å². The number of methoxy groups -OCH3 is 1. The number of hydrogen-bond donors (Lipinski definition) is 1. The molecule has 0 rings (SSSR count). The predicted molar refractivity (Wildman–Crippen MR) is 48.9 cm³/mol. The third-order valence-electron chi connectivity index (χ3n) is 1.26. The Hall–Kier alpha value is -0.0500. The van der Waals surface area contributed by atoms with Crippen LogP contribution in [0.15, 0.2) is 11.6 Å². The molecule has 0 aliphatic carbocycles. The summed E-state index contributed by atoms with van der Waals surface area (Å²) < 4.78 is 4.97. The minimum atomic E-state index is 0.524. The standard InChI is InChI=1S/C8H16ClNO/c1-7(6-11-3)4-10-5-8(2)9/h7,10H,2,4-6H2,1,3H3. The van der Waals surface area contributed by atoms with Gasteiger partial charge in [0.1, 0.15) is 0 Å². The number of hydrogen-bond acceptors (Lipinski definition) is 2. The lowest BCUT2D eigenvalue weighted by atomic mass is 10.2. The maximum absolute atomic E-state index is 5.55. The smallest absolute Gasteiger partial charge is 0.0499 e. The Morgan fingerprint density at radius 3 is 2.82 bits per heavy atom. The summed E-state index contributed by atoms with van der Waals surface area (Å²) in [4.78, 5) is 0. The molecule has 0 fully saturated rings. The van der Waals surface area contributed by atoms with Crippen LogP contribution in [0.2, 0.25) is 0 Å². The van der Waals surface area contributed by atoms with Gasteiger partial charge in [-0.3, -0.25) is 0 Å². The fraction of sp³-hybridized carbons (Fsp3) is 0.750. The van der Waals surface area contributed by atoms with Crippen LogP contribution in [0, 0.1) is 5.92 Å². The molecule has 0 radical (unpaired) electrons. The number of halogens is 1. The first-order valence-corrected chi connectivity index (χ1v) is 4.07. The molecule has 0 aromatic rings. The highest BCUT2D eigenvalue weighted by molar-refractivity contribution is 6.29. The monoisotopic (exact) mass is 177 g/mol. The molecule has 3 heteroatoms. The molecule has 1 N–H and O–H groups in total. The molecule has 0 saturated carbocycles. The fourth-order valence-corrected chi connectivity index (χ4v) is 0.892. The molecule has 0 amide bonds. The summed E-state index contributed by atoms with van der Waals surface area (Å²) in [7, 11) is 1.71. The van der Waals surface area contributed by atoms with E-state index < -0.39 is 0 Å². The first kappa shape index (κ1) is 11.0. The highest BCUT2D eigenvalue weighted by atomic mass is 35.5. The highest BCUT2D eigenvalue weighted by Crippen LogP contribution is 1.95. The van der Waals surface area contributed by atoms with Crippen molar-refractivity contribution in [3.63, 3.8) is 0 Å². The zero-order valence-corrected chi connectivity index (χ0v) is 7.95. The lowest BCUT2D eigenvalue weighted by Crippen LogP contribution is -2.24. The maximum atomic E-state index is 5.55. The maximum Gasteiger partial charge on any atom is 0.0499 e. The SMILES string of the molecule is C=C(Cl)CNCC(C)COC. The van der Waals surface area contributed by atoms with E-state index in [2.05, 4.69) is 18.8 Å². The zero-order chi connectivity index (χ0) is 8.69. The molecule has 2 nitrogen and oxygen atoms in total. The van der Waals surface area contributed by atoms with Crippen LogP contribution in [0.5, 0.6) is 0 Å². The Balaban J connectivity index is 3.16. The molecule has 11 heavy (non-hydrogen) atoms. The van der Waals surface area contributed by atoms with Crippen LogP contribution in [0.3, 0.4) is 0 Å². The number of rotatable bonds is 6. The summed E-state index contributed by atoms with van der Waals surface area (Å²) in [6.07, 6.45) is 0. The second-order valence-electron chi connectivity index (χ2n) is 2.71. The number of ether oxygens (including phenoxy) is 1. The molecular weight excluding hydrogens is 162 g/mol. The van der Waals surface area contributed by atoms with Crippen LogP contribution in [-0.4, -0.2) is 26.8 Å². The summed E-state index contributed by atoms with van der Waals surface area (Å²) in [6.45, 7) is 8.06. The first-order valence-electron chi connectivity index (χ1n) is 3.69. The molecule has 0 saturated heterocycles. The minimum absolute atomic E-state index is 0.524. The Labute approximate surface area is 73.6 Å². The van der Waals surface area contributed by atoms with E-state index in [1.54, 1.807) is 7.11 Å². The lowest BCUT2D eigenvalue weighted by Gasteiger charge is -2.10. The predicted octanol–water partition coefficient (Wildman–Crippen LogP) is 1.61. The highest BCUT2D eigenvalue weighted by Gasteiger charge is 1.99. The molecule has 0 aromatic carbocycles. The Morgan fingerprint density at radius 1 is 1.73 bits per heavy atom. The Kier molecular flexibility index (Phi) is 6.62. The normalized spacial score (nSPS) is 13.0. The van der Waals surface area contributed by atoms with E-state index in [-0.39, 0.29) is 0 Å². The van der Waals surface area contributed by atoms with Gasteiger partial charge in [-0.1, -0.05) is 25.1 Å². The molecule has 0 bridgehead atoms. The van der Waals surface area contributed by atoms with Gasteiger partial charge in [0.05, 0.1) is 0 Å². The molecule has 0 aromatic heterocycles. The van der Waals surface area contributed by atoms with Gasteiger partial charge in [-0.05, 0) is 5.92 Å². The van der Waals surface area contributed by atoms with Crippen molar-refractivity contribution in [3.05, 3.63) is 11.6 Å². The molecule has 1 atom stereocenters. The first-order chi connectivity index (χ1) is 5.16. The number of nitrogens with one attached hydrogen (secondary N) is 1. The molecule has 0 heterocycles. The van der Waals surface area contributed by atoms with Crippen LogP contribution < -0.4 is 5.32 Å². The zero-order valence-electron chi connectivity index (χ0n) is 7.19. The Bertz CT molecular complexity index is 117. The van der Waals surface area contributed by atoms with Crippen molar-refractivity contribution in [3.8, 4) is 0 Å². The van der Waals surface area contributed by atoms with Crippen LogP contribution >= 0.6 is 11.6 Å². The second-order valence-corrected chi connectivity index (χ2v) is 3.24. The quantitative estimate of drug-likeness (QED) is 0.666. The molecule has 66 valence electrons. The van der Waals surface area contributed by atoms with Crippen LogP contribution in [-0.2, 0) is 4.74 Å². The van der Waals surface area contributed by atoms with Gasteiger partial charge in [-0.2, -0.15) is 0 Å². The largest absolute Gasteiger partial charge is 0.384 e. The molecule has 1 unspecified atom stereocenters. The van der Waals surface area contributed by atoms with E-state index in [9.17, 15) is 0 Å². The topological polar surface area (TPSA) is 21.3 Å². The molecular formula is C8H16ClNO. The molecule has 0 spiro atoms. The summed E-state index contributed by atoms with van der Waals surface area (Å²) in [5, 5.41) is 3.81. The molecule has 0 aliphatic rings. The minimum Gasteiger partial charge on any atom is -0.384 e. The van der Waals surface area contributed by atoms with Gasteiger partial charge in [-0.25, -0.2) is 0 Å². The van der Waals surface area contributed by atoms with Gasteiger partial charge >= 0.3 is 0 Å². The summed E-state index contributed by atoms with van der Waals surface area (Å²) >= 11 is 5.55. The van der Waals surface area contributed by atoms with Crippen molar-refractivity contribution < 1.29 is 4.74 Å². The van der Waals surface area contributed by atoms with Crippen molar-refractivity contribution >= 4 is 11.6 Å². The van der Waals surface area contributed by atoms with Gasteiger partial charge in [-0.15, -0.1) is 0 Å². The average Bonchev–Trinajstić information content (AvgIpc) is 1.87. The summed E-state index contributed by atoms with van der Waals surface area (Å²) in [5.41, 5.74) is 0. The van der Waals surface area contributed by atoms with Crippen molar-refractivity contribution in [2.75, 3.05) is 26.8 Å². The third kappa shape index (κ3) is 7.85. The van der Waals surface area contributed by atoms with E-state index in [0.717, 1.165) is 13.2 Å². The van der Waals surface area contributed by atoms with Crippen LogP contribution in [0.4, 0.5) is 0 Å². The van der Waals surface area contributed by atoms with Gasteiger partial charge in [0.25, 0.3) is 0 Å². The van der Waals surface area contributed by atoms with Gasteiger partial charge in [0.2, 0.25) is 0 Å². The van der Waals surface area contributed by atoms with E-state index in [1.165, 1.54) is 0 Å². The Morgan fingerprint density at radius 2 is 2.36 bits per heavy atom. The van der Waals surface area contributed by atoms with Gasteiger partial charge in [0.15, 0.2) is 0 Å². The van der Waals surface area contributed by atoms with E-state index in [1.807, 2.05) is 0 Å². The summed E-state index contributed by atoms with van der Waals surface area (Å²) in [6, 6.07) is 0. The van der Waals surface area contributed by atoms with E-state index in [4.69, 9.17) is 16.3 Å². The third-order valence-corrected chi connectivity index (χ3v) is 1.39. The van der Waals surface area contributed by atoms with E-state index >= 15 is 0 Å². The average molecular weight is 178 g/mol. The van der Waals surface area contributed by atoms with Crippen molar-refractivity contribution in [2.45, 2.75) is 6.92 Å².